The highest BCUT2D eigenvalue weighted by atomic mass is 32.3. The fraction of sp³-hybridized carbons (Fsp3) is 0.889. The summed E-state index contributed by atoms with van der Waals surface area (Å²) in [5.41, 5.74) is 0. The Morgan fingerprint density at radius 1 is 1.40 bits per heavy atom. The molecule has 20 heavy (non-hydrogen) atoms. The first-order chi connectivity index (χ1) is 9.19. The summed E-state index contributed by atoms with van der Waals surface area (Å²) in [6.45, 7) is 0.486. The van der Waals surface area contributed by atoms with Crippen molar-refractivity contribution in [2.75, 3.05) is 13.7 Å². The van der Waals surface area contributed by atoms with Crippen molar-refractivity contribution in [1.82, 2.24) is 5.32 Å². The number of hydrogen-bond acceptors (Lipinski definition) is 8. The molecule has 0 aromatic carbocycles. The Morgan fingerprint density at radius 2 is 2.00 bits per heavy atom. The smallest absolute Gasteiger partial charge is 0.394 e. The van der Waals surface area contributed by atoms with Gasteiger partial charge in [0.15, 0.2) is 6.29 Å². The van der Waals surface area contributed by atoms with E-state index in [1.807, 2.05) is 0 Å². The van der Waals surface area contributed by atoms with Crippen molar-refractivity contribution in [2.24, 2.45) is 0 Å². The van der Waals surface area contributed by atoms with E-state index >= 15 is 0 Å². The number of ether oxygens (including phenoxy) is 2. The van der Waals surface area contributed by atoms with E-state index in [2.05, 4.69) is 9.50 Å². The third kappa shape index (κ3) is 4.34. The summed E-state index contributed by atoms with van der Waals surface area (Å²) < 4.78 is 44.7. The molecule has 4 N–H and O–H groups in total. The first kappa shape index (κ1) is 17.2. The Bertz CT molecular complexity index is 439. The van der Waals surface area contributed by atoms with Gasteiger partial charge in [-0.1, -0.05) is 0 Å². The second-order valence-electron chi connectivity index (χ2n) is 4.16. The minimum Gasteiger partial charge on any atom is -0.394 e. The lowest BCUT2D eigenvalue weighted by atomic mass is 9.97. The molecule has 0 spiro atoms. The lowest BCUT2D eigenvalue weighted by Crippen LogP contribution is -2.65. The van der Waals surface area contributed by atoms with E-state index < -0.39 is 53.6 Å². The molecule has 5 atom stereocenters. The highest BCUT2D eigenvalue weighted by Gasteiger charge is 2.48. The summed E-state index contributed by atoms with van der Waals surface area (Å²) >= 11 is 0. The van der Waals surface area contributed by atoms with Crippen LogP contribution in [0.3, 0.4) is 0 Å². The van der Waals surface area contributed by atoms with Gasteiger partial charge in [-0.2, -0.15) is 8.42 Å². The first-order valence-electron chi connectivity index (χ1n) is 5.59. The lowest BCUT2D eigenvalue weighted by molar-refractivity contribution is -0.253. The van der Waals surface area contributed by atoms with Crippen LogP contribution >= 0.6 is 0 Å². The maximum atomic E-state index is 11.1. The van der Waals surface area contributed by atoms with Gasteiger partial charge in [0.2, 0.25) is 5.91 Å². The highest BCUT2D eigenvalue weighted by molar-refractivity contribution is 7.80. The molecule has 11 heteroatoms. The van der Waals surface area contributed by atoms with Crippen LogP contribution in [-0.4, -0.2) is 73.5 Å². The molecule has 0 saturated carbocycles. The van der Waals surface area contributed by atoms with Crippen molar-refractivity contribution >= 4 is 16.3 Å². The van der Waals surface area contributed by atoms with E-state index in [0.29, 0.717) is 0 Å². The molecule has 1 fully saturated rings. The molecule has 1 saturated heterocycles. The van der Waals surface area contributed by atoms with Gasteiger partial charge in [0, 0.05) is 14.0 Å². The van der Waals surface area contributed by atoms with E-state index in [9.17, 15) is 18.3 Å². The SMILES string of the molecule is CO[C@H]1[C@@H](OS(=O)(=O)O)[C@@H](CO)OC(O)[C@@H]1NC(C)=O. The third-order valence-corrected chi connectivity index (χ3v) is 3.19. The van der Waals surface area contributed by atoms with E-state index in [0.717, 1.165) is 0 Å². The molecule has 1 amide bonds. The molecule has 118 valence electrons. The molecule has 1 rings (SSSR count). The van der Waals surface area contributed by atoms with Gasteiger partial charge in [-0.3, -0.25) is 9.35 Å². The van der Waals surface area contributed by atoms with Crippen LogP contribution in [0.25, 0.3) is 0 Å². The van der Waals surface area contributed by atoms with Crippen molar-refractivity contribution in [3.63, 3.8) is 0 Å². The van der Waals surface area contributed by atoms with Gasteiger partial charge in [-0.05, 0) is 0 Å². The normalized spacial score (nSPS) is 34.8. The fourth-order valence-corrected chi connectivity index (χ4v) is 2.51. The van der Waals surface area contributed by atoms with Crippen LogP contribution in [-0.2, 0) is 28.9 Å². The molecule has 10 nitrogen and oxygen atoms in total. The molecule has 0 radical (unpaired) electrons. The molecule has 1 aliphatic rings. The van der Waals surface area contributed by atoms with Crippen molar-refractivity contribution in [3.8, 4) is 0 Å². The number of carbonyl (C=O) groups is 1. The van der Waals surface area contributed by atoms with Gasteiger partial charge in [-0.25, -0.2) is 4.18 Å². The molecular weight excluding hydrogens is 298 g/mol. The van der Waals surface area contributed by atoms with Crippen LogP contribution in [0, 0.1) is 0 Å². The van der Waals surface area contributed by atoms with Crippen LogP contribution in [0.4, 0.5) is 0 Å². The van der Waals surface area contributed by atoms with E-state index in [1.165, 1.54) is 14.0 Å². The Balaban J connectivity index is 3.04. The molecule has 1 unspecified atom stereocenters. The predicted molar refractivity (Wildman–Crippen MR) is 62.8 cm³/mol. The summed E-state index contributed by atoms with van der Waals surface area (Å²) in [4.78, 5) is 11.1. The number of nitrogens with one attached hydrogen (secondary N) is 1. The topological polar surface area (TPSA) is 152 Å². The van der Waals surface area contributed by atoms with Gasteiger partial charge in [0.1, 0.15) is 24.4 Å². The lowest BCUT2D eigenvalue weighted by Gasteiger charge is -2.42. The minimum atomic E-state index is -4.84. The summed E-state index contributed by atoms with van der Waals surface area (Å²) in [6, 6.07) is -1.13. The third-order valence-electron chi connectivity index (χ3n) is 2.72. The van der Waals surface area contributed by atoms with Gasteiger partial charge < -0.3 is 25.0 Å². The average molecular weight is 315 g/mol. The van der Waals surface area contributed by atoms with Crippen molar-refractivity contribution in [2.45, 2.75) is 37.6 Å². The predicted octanol–water partition coefficient (Wildman–Crippen LogP) is -2.60. The molecule has 0 aliphatic carbocycles. The Morgan fingerprint density at radius 3 is 2.40 bits per heavy atom. The zero-order chi connectivity index (χ0) is 15.5. The maximum Gasteiger partial charge on any atom is 0.397 e. The van der Waals surface area contributed by atoms with Crippen molar-refractivity contribution in [1.29, 1.82) is 0 Å². The fourth-order valence-electron chi connectivity index (χ4n) is 1.99. The summed E-state index contributed by atoms with van der Waals surface area (Å²) in [5, 5.41) is 21.2. The van der Waals surface area contributed by atoms with Crippen LogP contribution in [0.5, 0.6) is 0 Å². The Labute approximate surface area is 115 Å². The molecule has 1 heterocycles. The highest BCUT2D eigenvalue weighted by Crippen LogP contribution is 2.25. The molecule has 0 aromatic rings. The minimum absolute atomic E-state index is 0.521. The van der Waals surface area contributed by atoms with Gasteiger partial charge in [0.25, 0.3) is 0 Å². The first-order valence-corrected chi connectivity index (χ1v) is 6.96. The van der Waals surface area contributed by atoms with E-state index in [-0.39, 0.29) is 0 Å². The number of methoxy groups -OCH3 is 1. The maximum absolute atomic E-state index is 11.1. The standard InChI is InChI=1S/C9H17NO9S/c1-4(12)10-6-8(17-2)7(19-20(14,15)16)5(3-11)18-9(6)13/h5-9,11,13H,3H2,1-2H3,(H,10,12)(H,14,15,16)/t5-,6-,7+,8-,9?/m1/s1. The van der Waals surface area contributed by atoms with Crippen molar-refractivity contribution in [3.05, 3.63) is 0 Å². The molecular formula is C9H17NO9S. The van der Waals surface area contributed by atoms with E-state index in [4.69, 9.17) is 19.1 Å². The molecule has 0 bridgehead atoms. The second kappa shape index (κ2) is 6.76. The van der Waals surface area contributed by atoms with Gasteiger partial charge in [-0.15, -0.1) is 0 Å². The van der Waals surface area contributed by atoms with Gasteiger partial charge in [0.05, 0.1) is 6.61 Å². The van der Waals surface area contributed by atoms with E-state index in [1.54, 1.807) is 0 Å². The zero-order valence-corrected chi connectivity index (χ0v) is 11.6. The Hall–Kier alpha value is -0.820. The monoisotopic (exact) mass is 315 g/mol. The largest absolute Gasteiger partial charge is 0.397 e. The number of aliphatic hydroxyl groups is 2. The number of hydrogen-bond donors (Lipinski definition) is 4. The quantitative estimate of drug-likeness (QED) is 0.400. The van der Waals surface area contributed by atoms with Crippen LogP contribution < -0.4 is 5.32 Å². The molecule has 0 aromatic heterocycles. The Kier molecular flexibility index (Phi) is 5.82. The van der Waals surface area contributed by atoms with Gasteiger partial charge >= 0.3 is 10.4 Å². The summed E-state index contributed by atoms with van der Waals surface area (Å²) in [5.74, 6) is -0.521. The number of aliphatic hydroxyl groups excluding tert-OH is 2. The van der Waals surface area contributed by atoms with Crippen LogP contribution in [0.2, 0.25) is 0 Å². The molecule has 1 aliphatic heterocycles. The van der Waals surface area contributed by atoms with Crippen LogP contribution in [0.1, 0.15) is 6.92 Å². The number of rotatable bonds is 5. The number of amides is 1. The average Bonchev–Trinajstić information content (AvgIpc) is 2.31. The summed E-state index contributed by atoms with van der Waals surface area (Å²) in [7, 11) is -3.66. The zero-order valence-electron chi connectivity index (χ0n) is 10.8. The van der Waals surface area contributed by atoms with Crippen molar-refractivity contribution < 1.29 is 41.6 Å². The number of carbonyl (C=O) groups excluding carboxylic acids is 1. The second-order valence-corrected chi connectivity index (χ2v) is 5.21. The summed E-state index contributed by atoms with van der Waals surface area (Å²) in [6.07, 6.45) is -5.41. The van der Waals surface area contributed by atoms with Crippen LogP contribution in [0.15, 0.2) is 0 Å².